The number of hydrogen-bond acceptors (Lipinski definition) is 5. The maximum atomic E-state index is 6.15. The van der Waals surface area contributed by atoms with Crippen LogP contribution >= 0.6 is 0 Å². The second-order valence-electron chi connectivity index (χ2n) is 10.7. The molecule has 200 valence electrons. The number of fused-ring (bicyclic) bond motifs is 8. The third-order valence-corrected chi connectivity index (χ3v) is 8.15. The lowest BCUT2D eigenvalue weighted by Gasteiger charge is -2.14. The molecule has 5 nitrogen and oxygen atoms in total. The Morgan fingerprint density at radius 3 is 2.02 bits per heavy atom. The third kappa shape index (κ3) is 3.72. The first kappa shape index (κ1) is 23.7. The van der Waals surface area contributed by atoms with E-state index in [9.17, 15) is 0 Å². The van der Waals surface area contributed by atoms with Crippen molar-refractivity contribution in [2.45, 2.75) is 0 Å². The minimum absolute atomic E-state index is 0.575. The highest BCUT2D eigenvalue weighted by atomic mass is 16.3. The molecule has 0 saturated carbocycles. The molecule has 0 radical (unpaired) electrons. The third-order valence-electron chi connectivity index (χ3n) is 8.15. The van der Waals surface area contributed by atoms with Crippen molar-refractivity contribution in [3.8, 4) is 34.2 Å². The van der Waals surface area contributed by atoms with Crippen molar-refractivity contribution in [1.82, 2.24) is 19.9 Å². The molecule has 0 aliphatic carbocycles. The number of rotatable bonds is 3. The highest BCUT2D eigenvalue weighted by Gasteiger charge is 2.20. The molecule has 0 unspecified atom stereocenters. The summed E-state index contributed by atoms with van der Waals surface area (Å²) in [4.78, 5) is 19.9. The van der Waals surface area contributed by atoms with Crippen LogP contribution in [0.3, 0.4) is 0 Å². The van der Waals surface area contributed by atoms with Crippen LogP contribution in [0.5, 0.6) is 0 Å². The van der Waals surface area contributed by atoms with Crippen LogP contribution in [0.15, 0.2) is 138 Å². The van der Waals surface area contributed by atoms with E-state index >= 15 is 0 Å². The SMILES string of the molecule is c1ccc(-c2nc(-c3cc4ccc5ccccc5c4c4ccccc34)nc(-c3cccc4oc5cccnc5c34)n2)cc1. The fourth-order valence-corrected chi connectivity index (χ4v) is 6.22. The highest BCUT2D eigenvalue weighted by molar-refractivity contribution is 6.23. The van der Waals surface area contributed by atoms with Crippen molar-refractivity contribution in [2.24, 2.45) is 0 Å². The Balaban J connectivity index is 1.38. The molecule has 0 saturated heterocycles. The summed E-state index contributed by atoms with van der Waals surface area (Å²) in [7, 11) is 0. The largest absolute Gasteiger partial charge is 0.454 e. The van der Waals surface area contributed by atoms with Gasteiger partial charge in [0.15, 0.2) is 23.1 Å². The molecule has 43 heavy (non-hydrogen) atoms. The van der Waals surface area contributed by atoms with Crippen LogP contribution in [-0.2, 0) is 0 Å². The molecule has 9 rings (SSSR count). The summed E-state index contributed by atoms with van der Waals surface area (Å²) in [6.07, 6.45) is 1.78. The normalized spacial score (nSPS) is 11.7. The van der Waals surface area contributed by atoms with Crippen molar-refractivity contribution in [2.75, 3.05) is 0 Å². The Labute approximate surface area is 246 Å². The lowest BCUT2D eigenvalue weighted by Crippen LogP contribution is -2.01. The quantitative estimate of drug-likeness (QED) is 0.205. The number of hydrogen-bond donors (Lipinski definition) is 0. The zero-order valence-electron chi connectivity index (χ0n) is 22.9. The van der Waals surface area contributed by atoms with Gasteiger partial charge in [-0.2, -0.15) is 0 Å². The van der Waals surface area contributed by atoms with Crippen LogP contribution in [0.1, 0.15) is 0 Å². The topological polar surface area (TPSA) is 64.7 Å². The molecule has 0 N–H and O–H groups in total. The molecule has 3 aromatic heterocycles. The maximum Gasteiger partial charge on any atom is 0.164 e. The molecule has 3 heterocycles. The second kappa shape index (κ2) is 9.29. The van der Waals surface area contributed by atoms with Gasteiger partial charge in [-0.25, -0.2) is 15.0 Å². The standard InChI is InChI=1S/C38H22N4O/c1-2-11-24(12-3-1)36-40-37(29-16-8-17-31-34(29)35-32(43-31)18-9-21-39-35)42-38(41-36)30-22-25-20-19-23-10-4-5-13-26(23)33(25)28-15-7-6-14-27(28)30/h1-22H. The Bertz CT molecular complexity index is 2520. The maximum absolute atomic E-state index is 6.15. The van der Waals surface area contributed by atoms with Gasteiger partial charge in [0.25, 0.3) is 0 Å². The second-order valence-corrected chi connectivity index (χ2v) is 10.7. The first-order valence-corrected chi connectivity index (χ1v) is 14.2. The van der Waals surface area contributed by atoms with E-state index in [2.05, 4.69) is 71.7 Å². The predicted octanol–water partition coefficient (Wildman–Crippen LogP) is 9.63. The fraction of sp³-hybridized carbons (Fsp3) is 0. The van der Waals surface area contributed by atoms with Gasteiger partial charge in [-0.15, -0.1) is 0 Å². The van der Waals surface area contributed by atoms with Gasteiger partial charge in [-0.1, -0.05) is 103 Å². The summed E-state index contributed by atoms with van der Waals surface area (Å²) in [6, 6.07) is 43.5. The van der Waals surface area contributed by atoms with Crippen molar-refractivity contribution in [3.63, 3.8) is 0 Å². The lowest BCUT2D eigenvalue weighted by molar-refractivity contribution is 0.668. The number of furan rings is 1. The van der Waals surface area contributed by atoms with Crippen molar-refractivity contribution >= 4 is 54.4 Å². The summed E-state index contributed by atoms with van der Waals surface area (Å²) in [5.74, 6) is 1.81. The molecule has 0 aliphatic rings. The van der Waals surface area contributed by atoms with E-state index in [4.69, 9.17) is 19.4 Å². The molecule has 6 aromatic carbocycles. The molecule has 0 aliphatic heterocycles. The van der Waals surface area contributed by atoms with E-state index in [0.29, 0.717) is 17.5 Å². The van der Waals surface area contributed by atoms with E-state index in [1.54, 1.807) is 6.20 Å². The van der Waals surface area contributed by atoms with Gasteiger partial charge in [0, 0.05) is 22.9 Å². The van der Waals surface area contributed by atoms with Gasteiger partial charge < -0.3 is 4.42 Å². The molecule has 9 aromatic rings. The summed E-state index contributed by atoms with van der Waals surface area (Å²) >= 11 is 0. The Kier molecular flexibility index (Phi) is 5.13. The first-order chi connectivity index (χ1) is 21.3. The van der Waals surface area contributed by atoms with Crippen LogP contribution in [0.4, 0.5) is 0 Å². The summed E-state index contributed by atoms with van der Waals surface area (Å²) in [6.45, 7) is 0. The molecular formula is C38H22N4O. The van der Waals surface area contributed by atoms with Crippen LogP contribution in [0.25, 0.3) is 88.5 Å². The minimum atomic E-state index is 0.575. The number of pyridine rings is 1. The summed E-state index contributed by atoms with van der Waals surface area (Å²) in [5, 5.41) is 7.98. The zero-order valence-corrected chi connectivity index (χ0v) is 22.9. The predicted molar refractivity (Wildman–Crippen MR) is 174 cm³/mol. The van der Waals surface area contributed by atoms with Gasteiger partial charge in [-0.05, 0) is 56.6 Å². The van der Waals surface area contributed by atoms with E-state index in [1.165, 1.54) is 21.5 Å². The molecule has 0 amide bonds. The van der Waals surface area contributed by atoms with Crippen molar-refractivity contribution in [1.29, 1.82) is 0 Å². The van der Waals surface area contributed by atoms with E-state index in [0.717, 1.165) is 49.5 Å². The smallest absolute Gasteiger partial charge is 0.164 e. The Hall–Kier alpha value is -5.94. The average Bonchev–Trinajstić information content (AvgIpc) is 3.47. The molecular weight excluding hydrogens is 528 g/mol. The lowest BCUT2D eigenvalue weighted by atomic mass is 9.93. The molecule has 0 fully saturated rings. The number of benzene rings is 6. The molecule has 0 atom stereocenters. The van der Waals surface area contributed by atoms with Crippen LogP contribution in [-0.4, -0.2) is 19.9 Å². The Morgan fingerprint density at radius 1 is 0.442 bits per heavy atom. The fourth-order valence-electron chi connectivity index (χ4n) is 6.22. The first-order valence-electron chi connectivity index (χ1n) is 14.2. The van der Waals surface area contributed by atoms with Gasteiger partial charge in [0.2, 0.25) is 0 Å². The van der Waals surface area contributed by atoms with Gasteiger partial charge >= 0.3 is 0 Å². The Morgan fingerprint density at radius 2 is 1.14 bits per heavy atom. The number of aromatic nitrogens is 4. The van der Waals surface area contributed by atoms with E-state index in [1.807, 2.05) is 60.7 Å². The summed E-state index contributed by atoms with van der Waals surface area (Å²) in [5.41, 5.74) is 5.01. The molecule has 0 bridgehead atoms. The highest BCUT2D eigenvalue weighted by Crippen LogP contribution is 2.39. The number of nitrogens with zero attached hydrogens (tertiary/aromatic N) is 4. The van der Waals surface area contributed by atoms with Crippen molar-refractivity contribution in [3.05, 3.63) is 134 Å². The summed E-state index contributed by atoms with van der Waals surface area (Å²) < 4.78 is 6.15. The van der Waals surface area contributed by atoms with Crippen LogP contribution in [0, 0.1) is 0 Å². The van der Waals surface area contributed by atoms with E-state index in [-0.39, 0.29) is 0 Å². The van der Waals surface area contributed by atoms with Crippen LogP contribution in [0.2, 0.25) is 0 Å². The van der Waals surface area contributed by atoms with Gasteiger partial charge in [0.05, 0.1) is 5.39 Å². The van der Waals surface area contributed by atoms with E-state index < -0.39 is 0 Å². The average molecular weight is 551 g/mol. The minimum Gasteiger partial charge on any atom is -0.454 e. The molecule has 5 heteroatoms. The van der Waals surface area contributed by atoms with Gasteiger partial charge in [0.1, 0.15) is 11.1 Å². The van der Waals surface area contributed by atoms with Crippen LogP contribution < -0.4 is 0 Å². The monoisotopic (exact) mass is 550 g/mol. The van der Waals surface area contributed by atoms with Crippen molar-refractivity contribution < 1.29 is 4.42 Å². The zero-order chi connectivity index (χ0) is 28.3. The van der Waals surface area contributed by atoms with Gasteiger partial charge in [-0.3, -0.25) is 4.98 Å². The molecule has 0 spiro atoms.